The second kappa shape index (κ2) is 10.1. The Bertz CT molecular complexity index is 1350. The van der Waals surface area contributed by atoms with Crippen molar-refractivity contribution in [1.29, 1.82) is 5.26 Å². The summed E-state index contributed by atoms with van der Waals surface area (Å²) in [5.74, 6) is -0.542. The van der Waals surface area contributed by atoms with Gasteiger partial charge in [0.1, 0.15) is 17.3 Å². The molecule has 0 aliphatic heterocycles. The van der Waals surface area contributed by atoms with Crippen molar-refractivity contribution in [3.63, 3.8) is 0 Å². The molecular formula is C24H23N5O3S. The van der Waals surface area contributed by atoms with Gasteiger partial charge in [0.15, 0.2) is 0 Å². The molecule has 1 heterocycles. The second-order valence-corrected chi connectivity index (χ2v) is 9.35. The largest absolute Gasteiger partial charge is 0.348 e. The maximum atomic E-state index is 12.6. The summed E-state index contributed by atoms with van der Waals surface area (Å²) in [6.45, 7) is 3.77. The molecule has 2 aromatic carbocycles. The van der Waals surface area contributed by atoms with Gasteiger partial charge in [0, 0.05) is 38.0 Å². The number of nitrogens with zero attached hydrogens (tertiary/aromatic N) is 4. The lowest BCUT2D eigenvalue weighted by molar-refractivity contribution is -0.116. The van der Waals surface area contributed by atoms with Crippen LogP contribution >= 0.6 is 0 Å². The normalized spacial score (nSPS) is 11.8. The van der Waals surface area contributed by atoms with Crippen LogP contribution in [0.25, 0.3) is 23.0 Å². The topological polar surface area (TPSA) is 108 Å². The third kappa shape index (κ3) is 5.26. The van der Waals surface area contributed by atoms with E-state index < -0.39 is 15.9 Å². The van der Waals surface area contributed by atoms with Crippen LogP contribution < -0.4 is 5.32 Å². The molecule has 0 saturated carbocycles. The van der Waals surface area contributed by atoms with Gasteiger partial charge < -0.3 is 5.32 Å². The van der Waals surface area contributed by atoms with Crippen LogP contribution in [0, 0.1) is 11.3 Å². The molecule has 33 heavy (non-hydrogen) atoms. The molecule has 0 spiro atoms. The van der Waals surface area contributed by atoms with Crippen LogP contribution in [0.4, 0.5) is 0 Å². The highest BCUT2D eigenvalue weighted by molar-refractivity contribution is 7.89. The number of sulfonamides is 1. The highest BCUT2D eigenvalue weighted by atomic mass is 32.2. The first kappa shape index (κ1) is 23.7. The fourth-order valence-electron chi connectivity index (χ4n) is 3.01. The number of amides is 1. The first-order chi connectivity index (χ1) is 15.8. The maximum absolute atomic E-state index is 12.6. The van der Waals surface area contributed by atoms with Gasteiger partial charge in [0.25, 0.3) is 5.91 Å². The van der Waals surface area contributed by atoms with Crippen LogP contribution in [0.2, 0.25) is 0 Å². The van der Waals surface area contributed by atoms with Crippen molar-refractivity contribution in [1.82, 2.24) is 19.4 Å². The SMILES string of the molecule is C=CCNC(=O)/C(C#N)=C\c1cn(-c2ccccc2)nc1-c1cccc(S(=O)(=O)N(C)C)c1. The number of para-hydroxylation sites is 1. The lowest BCUT2D eigenvalue weighted by Gasteiger charge is -2.12. The lowest BCUT2D eigenvalue weighted by Crippen LogP contribution is -2.24. The maximum Gasteiger partial charge on any atom is 0.262 e. The molecule has 0 saturated heterocycles. The molecule has 168 valence electrons. The summed E-state index contributed by atoms with van der Waals surface area (Å²) < 4.78 is 28.0. The zero-order valence-corrected chi connectivity index (χ0v) is 19.1. The van der Waals surface area contributed by atoms with Crippen LogP contribution in [0.5, 0.6) is 0 Å². The van der Waals surface area contributed by atoms with Gasteiger partial charge in [-0.25, -0.2) is 17.4 Å². The molecule has 1 amide bonds. The van der Waals surface area contributed by atoms with E-state index in [2.05, 4.69) is 17.0 Å². The molecule has 3 aromatic rings. The number of nitriles is 1. The molecule has 9 heteroatoms. The minimum Gasteiger partial charge on any atom is -0.348 e. The van der Waals surface area contributed by atoms with Crippen molar-refractivity contribution in [2.24, 2.45) is 0 Å². The Balaban J connectivity index is 2.18. The van der Waals surface area contributed by atoms with E-state index in [0.717, 1.165) is 9.99 Å². The first-order valence-corrected chi connectivity index (χ1v) is 11.4. The van der Waals surface area contributed by atoms with Crippen molar-refractivity contribution in [2.75, 3.05) is 20.6 Å². The summed E-state index contributed by atoms with van der Waals surface area (Å²) >= 11 is 0. The molecule has 8 nitrogen and oxygen atoms in total. The van der Waals surface area contributed by atoms with Crippen LogP contribution in [-0.4, -0.2) is 49.1 Å². The first-order valence-electron chi connectivity index (χ1n) is 9.97. The van der Waals surface area contributed by atoms with Gasteiger partial charge in [0.05, 0.1) is 10.6 Å². The molecular weight excluding hydrogens is 438 g/mol. The standard InChI is InChI=1S/C24H23N5O3S/c1-4-13-26-24(30)19(16-25)14-20-17-29(21-10-6-5-7-11-21)27-23(20)18-9-8-12-22(15-18)33(31,32)28(2)3/h4-12,14-15,17H,1,13H2,2-3H3,(H,26,30)/b19-14-. The third-order valence-electron chi connectivity index (χ3n) is 4.72. The summed E-state index contributed by atoms with van der Waals surface area (Å²) in [6.07, 6.45) is 4.64. The van der Waals surface area contributed by atoms with Gasteiger partial charge in [-0.1, -0.05) is 36.4 Å². The van der Waals surface area contributed by atoms with Gasteiger partial charge >= 0.3 is 0 Å². The molecule has 3 rings (SSSR count). The third-order valence-corrected chi connectivity index (χ3v) is 6.53. The van der Waals surface area contributed by atoms with E-state index in [4.69, 9.17) is 0 Å². The van der Waals surface area contributed by atoms with E-state index >= 15 is 0 Å². The van der Waals surface area contributed by atoms with E-state index in [-0.39, 0.29) is 17.0 Å². The molecule has 1 aromatic heterocycles. The molecule has 0 fully saturated rings. The minimum atomic E-state index is -3.66. The average Bonchev–Trinajstić information content (AvgIpc) is 3.25. The Labute approximate surface area is 193 Å². The number of carbonyl (C=O) groups is 1. The summed E-state index contributed by atoms with van der Waals surface area (Å²) in [4.78, 5) is 12.5. The highest BCUT2D eigenvalue weighted by Gasteiger charge is 2.20. The van der Waals surface area contributed by atoms with Crippen molar-refractivity contribution in [2.45, 2.75) is 4.90 Å². The van der Waals surface area contributed by atoms with Crippen LogP contribution in [0.3, 0.4) is 0 Å². The molecule has 0 unspecified atom stereocenters. The number of hydrogen-bond donors (Lipinski definition) is 1. The summed E-state index contributed by atoms with van der Waals surface area (Å²) in [5, 5.41) is 16.8. The Morgan fingerprint density at radius 1 is 1.21 bits per heavy atom. The van der Waals surface area contributed by atoms with Crippen molar-refractivity contribution in [3.8, 4) is 23.0 Å². The molecule has 0 aliphatic carbocycles. The number of nitrogens with one attached hydrogen (secondary N) is 1. The van der Waals surface area contributed by atoms with E-state index in [0.29, 0.717) is 16.8 Å². The number of carbonyl (C=O) groups excluding carboxylic acids is 1. The van der Waals surface area contributed by atoms with Crippen molar-refractivity contribution < 1.29 is 13.2 Å². The predicted molar refractivity (Wildman–Crippen MR) is 127 cm³/mol. The molecule has 0 atom stereocenters. The fraction of sp³-hybridized carbons (Fsp3) is 0.125. The number of aromatic nitrogens is 2. The minimum absolute atomic E-state index is 0.109. The average molecular weight is 462 g/mol. The van der Waals surface area contributed by atoms with Gasteiger partial charge in [-0.2, -0.15) is 10.4 Å². The Morgan fingerprint density at radius 2 is 1.94 bits per heavy atom. The second-order valence-electron chi connectivity index (χ2n) is 7.20. The number of hydrogen-bond acceptors (Lipinski definition) is 5. The van der Waals surface area contributed by atoms with Crippen LogP contribution in [0.15, 0.2) is 83.9 Å². The number of benzene rings is 2. The smallest absolute Gasteiger partial charge is 0.262 e. The lowest BCUT2D eigenvalue weighted by atomic mass is 10.1. The molecule has 0 aliphatic rings. The molecule has 0 bridgehead atoms. The monoisotopic (exact) mass is 461 g/mol. The van der Waals surface area contributed by atoms with E-state index in [9.17, 15) is 18.5 Å². The fourth-order valence-corrected chi connectivity index (χ4v) is 3.96. The van der Waals surface area contributed by atoms with Crippen molar-refractivity contribution in [3.05, 3.63) is 84.6 Å². The summed E-state index contributed by atoms with van der Waals surface area (Å²) in [5.41, 5.74) is 2.11. The van der Waals surface area contributed by atoms with Gasteiger partial charge in [-0.3, -0.25) is 4.79 Å². The zero-order valence-electron chi connectivity index (χ0n) is 18.3. The van der Waals surface area contributed by atoms with E-state index in [1.807, 2.05) is 36.4 Å². The predicted octanol–water partition coefficient (Wildman–Crippen LogP) is 3.00. The number of rotatable bonds is 8. The van der Waals surface area contributed by atoms with Crippen LogP contribution in [-0.2, 0) is 14.8 Å². The Kier molecular flexibility index (Phi) is 7.23. The quantitative estimate of drug-likeness (QED) is 0.315. The zero-order chi connectivity index (χ0) is 24.0. The Hall–Kier alpha value is -4.00. The van der Waals surface area contributed by atoms with Gasteiger partial charge in [0.2, 0.25) is 10.0 Å². The molecule has 1 N–H and O–H groups in total. The highest BCUT2D eigenvalue weighted by Crippen LogP contribution is 2.28. The van der Waals surface area contributed by atoms with Gasteiger partial charge in [-0.05, 0) is 30.3 Å². The molecule has 0 radical (unpaired) electrons. The van der Waals surface area contributed by atoms with Crippen LogP contribution in [0.1, 0.15) is 5.56 Å². The van der Waals surface area contributed by atoms with E-state index in [1.165, 1.54) is 38.4 Å². The summed E-state index contributed by atoms with van der Waals surface area (Å²) in [6, 6.07) is 17.6. The van der Waals surface area contributed by atoms with Crippen molar-refractivity contribution >= 4 is 22.0 Å². The Morgan fingerprint density at radius 3 is 2.58 bits per heavy atom. The van der Waals surface area contributed by atoms with E-state index in [1.54, 1.807) is 23.0 Å². The summed E-state index contributed by atoms with van der Waals surface area (Å²) in [7, 11) is -0.740. The van der Waals surface area contributed by atoms with Gasteiger partial charge in [-0.15, -0.1) is 6.58 Å².